The summed E-state index contributed by atoms with van der Waals surface area (Å²) < 4.78 is 2.96. The van der Waals surface area contributed by atoms with Crippen LogP contribution in [0.15, 0.2) is 53.0 Å². The van der Waals surface area contributed by atoms with Crippen molar-refractivity contribution in [3.63, 3.8) is 0 Å². The Kier molecular flexibility index (Phi) is 6.41. The zero-order valence-electron chi connectivity index (χ0n) is 14.8. The van der Waals surface area contributed by atoms with E-state index in [1.807, 2.05) is 60.0 Å². The van der Waals surface area contributed by atoms with Gasteiger partial charge in [-0.15, -0.1) is 0 Å². The van der Waals surface area contributed by atoms with Crippen LogP contribution in [0, 0.1) is 0 Å². The third-order valence-electron chi connectivity index (χ3n) is 3.96. The Hall–Kier alpha value is -2.45. The molecule has 6 nitrogen and oxygen atoms in total. The van der Waals surface area contributed by atoms with Crippen molar-refractivity contribution in [3.8, 4) is 0 Å². The molecule has 2 aromatic carbocycles. The Morgan fingerprint density at radius 1 is 1.15 bits per heavy atom. The van der Waals surface area contributed by atoms with Crippen molar-refractivity contribution >= 4 is 50.2 Å². The highest BCUT2D eigenvalue weighted by Gasteiger charge is 2.14. The van der Waals surface area contributed by atoms with E-state index in [-0.39, 0.29) is 12.5 Å². The van der Waals surface area contributed by atoms with Crippen LogP contribution in [0.5, 0.6) is 0 Å². The molecule has 8 heteroatoms. The van der Waals surface area contributed by atoms with E-state index in [9.17, 15) is 4.79 Å². The summed E-state index contributed by atoms with van der Waals surface area (Å²) in [6.45, 7) is 2.77. The Morgan fingerprint density at radius 2 is 1.89 bits per heavy atom. The van der Waals surface area contributed by atoms with Crippen molar-refractivity contribution in [3.05, 3.63) is 64.4 Å². The second-order valence-electron chi connectivity index (χ2n) is 5.94. The van der Waals surface area contributed by atoms with Gasteiger partial charge in [-0.05, 0) is 49.0 Å². The van der Waals surface area contributed by atoms with Crippen molar-refractivity contribution in [2.75, 3.05) is 6.54 Å². The molecule has 27 heavy (non-hydrogen) atoms. The number of nitrogens with one attached hydrogen (secondary N) is 3. The van der Waals surface area contributed by atoms with Crippen LogP contribution in [0.3, 0.4) is 0 Å². The van der Waals surface area contributed by atoms with Gasteiger partial charge in [0.25, 0.3) is 5.91 Å². The van der Waals surface area contributed by atoms with E-state index in [1.165, 1.54) is 0 Å². The molecule has 3 rings (SSSR count). The average Bonchev–Trinajstić information content (AvgIpc) is 2.99. The van der Waals surface area contributed by atoms with Crippen molar-refractivity contribution in [2.24, 2.45) is 0 Å². The number of aromatic nitrogens is 2. The number of thiocarbonyl (C=S) groups is 1. The van der Waals surface area contributed by atoms with E-state index in [1.54, 1.807) is 0 Å². The third-order valence-corrected chi connectivity index (χ3v) is 4.74. The number of para-hydroxylation sites is 2. The number of rotatable bonds is 5. The highest BCUT2D eigenvalue weighted by Crippen LogP contribution is 2.19. The number of nitrogens with zero attached hydrogens (tertiary/aromatic N) is 2. The molecule has 1 amide bonds. The predicted molar refractivity (Wildman–Crippen MR) is 114 cm³/mol. The minimum absolute atomic E-state index is 0.147. The Labute approximate surface area is 171 Å². The smallest absolute Gasteiger partial charge is 0.258 e. The largest absolute Gasteiger partial charge is 0.362 e. The van der Waals surface area contributed by atoms with Crippen molar-refractivity contribution < 1.29 is 4.79 Å². The molecule has 0 saturated heterocycles. The predicted octanol–water partition coefficient (Wildman–Crippen LogP) is 2.90. The molecule has 0 bridgehead atoms. The minimum Gasteiger partial charge on any atom is -0.362 e. The van der Waals surface area contributed by atoms with Crippen molar-refractivity contribution in [1.29, 1.82) is 0 Å². The maximum absolute atomic E-state index is 12.4. The Morgan fingerprint density at radius 3 is 2.63 bits per heavy atom. The fourth-order valence-corrected chi connectivity index (χ4v) is 3.20. The molecule has 0 unspecified atom stereocenters. The monoisotopic (exact) mass is 445 g/mol. The van der Waals surface area contributed by atoms with Gasteiger partial charge in [0.1, 0.15) is 12.4 Å². The molecular weight excluding hydrogens is 426 g/mol. The van der Waals surface area contributed by atoms with Gasteiger partial charge in [-0.1, -0.05) is 40.2 Å². The van der Waals surface area contributed by atoms with Gasteiger partial charge in [0.2, 0.25) is 0 Å². The number of halogens is 1. The second kappa shape index (κ2) is 8.96. The summed E-state index contributed by atoms with van der Waals surface area (Å²) in [4.78, 5) is 17.1. The number of hydrogen-bond donors (Lipinski definition) is 3. The van der Waals surface area contributed by atoms with Crippen LogP contribution in [-0.2, 0) is 17.8 Å². The summed E-state index contributed by atoms with van der Waals surface area (Å²) in [6, 6.07) is 15.9. The summed E-state index contributed by atoms with van der Waals surface area (Å²) >= 11 is 8.51. The second-order valence-corrected chi connectivity index (χ2v) is 7.26. The Balaban J connectivity index is 1.81. The molecule has 1 aromatic heterocycles. The molecule has 0 fully saturated rings. The molecule has 3 aromatic rings. The number of carbonyl (C=O) groups excluding carboxylic acids is 1. The summed E-state index contributed by atoms with van der Waals surface area (Å²) in [5.41, 5.74) is 8.24. The van der Waals surface area contributed by atoms with Crippen LogP contribution < -0.4 is 16.2 Å². The molecule has 0 radical (unpaired) electrons. The third kappa shape index (κ3) is 5.05. The van der Waals surface area contributed by atoms with Crippen LogP contribution in [-0.4, -0.2) is 27.1 Å². The van der Waals surface area contributed by atoms with Crippen LogP contribution in [0.25, 0.3) is 11.0 Å². The summed E-state index contributed by atoms with van der Waals surface area (Å²) in [7, 11) is 0. The standard InChI is InChI=1S/C19H20BrN5OS/c1-2-21-19(27)24-23-18(26)12-25-16-6-4-3-5-15(16)22-17(25)11-13-7-9-14(20)10-8-13/h3-10H,2,11-12H2,1H3,(H,23,26)(H2,21,24,27). The molecular formula is C19H20BrN5OS. The zero-order chi connectivity index (χ0) is 19.2. The van der Waals surface area contributed by atoms with Crippen LogP contribution in [0.1, 0.15) is 18.3 Å². The fourth-order valence-electron chi connectivity index (χ4n) is 2.74. The topological polar surface area (TPSA) is 71.0 Å². The molecule has 1 heterocycles. The molecule has 0 aliphatic heterocycles. The van der Waals surface area contributed by atoms with Gasteiger partial charge >= 0.3 is 0 Å². The average molecular weight is 446 g/mol. The number of imidazole rings is 1. The van der Waals surface area contributed by atoms with Gasteiger partial charge in [-0.25, -0.2) is 4.98 Å². The first-order valence-corrected chi connectivity index (χ1v) is 9.78. The summed E-state index contributed by atoms with van der Waals surface area (Å²) in [5, 5.41) is 3.31. The van der Waals surface area contributed by atoms with E-state index >= 15 is 0 Å². The molecule has 0 saturated carbocycles. The lowest BCUT2D eigenvalue weighted by Crippen LogP contribution is -2.47. The van der Waals surface area contributed by atoms with E-state index in [0.29, 0.717) is 18.1 Å². The lowest BCUT2D eigenvalue weighted by Gasteiger charge is -2.12. The zero-order valence-corrected chi connectivity index (χ0v) is 17.2. The van der Waals surface area contributed by atoms with E-state index < -0.39 is 0 Å². The lowest BCUT2D eigenvalue weighted by atomic mass is 10.1. The number of amides is 1. The molecule has 0 aliphatic carbocycles. The van der Waals surface area contributed by atoms with Gasteiger partial charge in [0.05, 0.1) is 11.0 Å². The quantitative estimate of drug-likeness (QED) is 0.416. The highest BCUT2D eigenvalue weighted by atomic mass is 79.9. The number of hydrazine groups is 1. The molecule has 0 atom stereocenters. The van der Waals surface area contributed by atoms with Crippen LogP contribution in [0.2, 0.25) is 0 Å². The van der Waals surface area contributed by atoms with Gasteiger partial charge < -0.3 is 9.88 Å². The summed E-state index contributed by atoms with van der Waals surface area (Å²) in [6.07, 6.45) is 0.637. The number of hydrogen-bond acceptors (Lipinski definition) is 3. The molecule has 140 valence electrons. The van der Waals surface area contributed by atoms with Gasteiger partial charge in [0.15, 0.2) is 5.11 Å². The first-order valence-electron chi connectivity index (χ1n) is 8.58. The number of carbonyl (C=O) groups is 1. The molecule has 0 aliphatic rings. The van der Waals surface area contributed by atoms with Gasteiger partial charge in [-0.2, -0.15) is 0 Å². The Bertz CT molecular complexity index is 954. The van der Waals surface area contributed by atoms with E-state index in [4.69, 9.17) is 17.2 Å². The van der Waals surface area contributed by atoms with E-state index in [2.05, 4.69) is 32.1 Å². The van der Waals surface area contributed by atoms with E-state index in [0.717, 1.165) is 26.9 Å². The number of fused-ring (bicyclic) bond motifs is 1. The van der Waals surface area contributed by atoms with Gasteiger partial charge in [0, 0.05) is 17.4 Å². The maximum atomic E-state index is 12.4. The normalized spacial score (nSPS) is 10.6. The molecule has 3 N–H and O–H groups in total. The van der Waals surface area contributed by atoms with Crippen molar-refractivity contribution in [2.45, 2.75) is 19.9 Å². The van der Waals surface area contributed by atoms with Gasteiger partial charge in [-0.3, -0.25) is 15.6 Å². The fraction of sp³-hybridized carbons (Fsp3) is 0.211. The number of benzene rings is 2. The van der Waals surface area contributed by atoms with Crippen LogP contribution in [0.4, 0.5) is 0 Å². The highest BCUT2D eigenvalue weighted by molar-refractivity contribution is 9.10. The summed E-state index contributed by atoms with van der Waals surface area (Å²) in [5.74, 6) is 0.637. The lowest BCUT2D eigenvalue weighted by molar-refractivity contribution is -0.122. The van der Waals surface area contributed by atoms with Crippen LogP contribution >= 0.6 is 28.1 Å². The van der Waals surface area contributed by atoms with Crippen molar-refractivity contribution in [1.82, 2.24) is 25.7 Å². The maximum Gasteiger partial charge on any atom is 0.258 e. The first kappa shape index (κ1) is 19.3. The first-order chi connectivity index (χ1) is 13.1. The minimum atomic E-state index is -0.199. The molecule has 0 spiro atoms. The SMILES string of the molecule is CCNC(=S)NNC(=O)Cn1c(Cc2ccc(Br)cc2)nc2ccccc21.